The lowest BCUT2D eigenvalue weighted by molar-refractivity contribution is -0.122. The third kappa shape index (κ3) is 7.12. The van der Waals surface area contributed by atoms with E-state index < -0.39 is 5.97 Å². The molecule has 190 valence electrons. The van der Waals surface area contributed by atoms with Crippen molar-refractivity contribution < 1.29 is 19.1 Å². The van der Waals surface area contributed by atoms with Crippen LogP contribution in [0.15, 0.2) is 64.9 Å². The number of nitrogens with one attached hydrogen (secondary N) is 1. The summed E-state index contributed by atoms with van der Waals surface area (Å²) in [4.78, 5) is 43.4. The number of rotatable bonds is 10. The highest BCUT2D eigenvalue weighted by Crippen LogP contribution is 2.33. The van der Waals surface area contributed by atoms with Crippen LogP contribution >= 0.6 is 35.3 Å². The Hall–Kier alpha value is -3.34. The lowest BCUT2D eigenvalue weighted by Gasteiger charge is -2.14. The minimum atomic E-state index is -0.407. The maximum Gasteiger partial charge on any atom is 0.337 e. The third-order valence-corrected chi connectivity index (χ3v) is 7.74. The highest BCUT2D eigenvalue weighted by Gasteiger charge is 2.31. The highest BCUT2D eigenvalue weighted by atomic mass is 32.2. The molecular weight excluding hydrogens is 527 g/mol. The SMILES string of the molecule is COC(=O)c1ccc(C=C2SC(=S)N(CCCCCC(=O)Nc3nc(-c4ccccc4)cs3)C2=O)cc1. The average Bonchev–Trinajstić information content (AvgIpc) is 3.48. The lowest BCUT2D eigenvalue weighted by Crippen LogP contribution is -2.29. The molecule has 7 nitrogen and oxygen atoms in total. The molecule has 0 bridgehead atoms. The first-order valence-electron chi connectivity index (χ1n) is 11.7. The second-order valence-corrected chi connectivity index (χ2v) is 10.7. The Bertz CT molecular complexity index is 1320. The summed E-state index contributed by atoms with van der Waals surface area (Å²) < 4.78 is 5.23. The number of hydrogen-bond donors (Lipinski definition) is 1. The summed E-state index contributed by atoms with van der Waals surface area (Å²) in [5.74, 6) is -0.598. The summed E-state index contributed by atoms with van der Waals surface area (Å²) in [5.41, 5.74) is 3.11. The van der Waals surface area contributed by atoms with E-state index in [-0.39, 0.29) is 11.8 Å². The van der Waals surface area contributed by atoms with Gasteiger partial charge in [-0.2, -0.15) is 0 Å². The molecule has 0 unspecified atom stereocenters. The van der Waals surface area contributed by atoms with E-state index >= 15 is 0 Å². The topological polar surface area (TPSA) is 88.6 Å². The first-order chi connectivity index (χ1) is 17.9. The number of amides is 2. The molecular formula is C27H25N3O4S3. The number of aromatic nitrogens is 1. The van der Waals surface area contributed by atoms with E-state index in [1.54, 1.807) is 35.2 Å². The molecule has 0 radical (unpaired) electrons. The Balaban J connectivity index is 1.19. The Morgan fingerprint density at radius 3 is 2.57 bits per heavy atom. The minimum absolute atomic E-state index is 0.0688. The zero-order chi connectivity index (χ0) is 26.2. The maximum atomic E-state index is 12.8. The number of methoxy groups -OCH3 is 1. The van der Waals surface area contributed by atoms with Crippen molar-refractivity contribution in [3.63, 3.8) is 0 Å². The fourth-order valence-corrected chi connectivity index (χ4v) is 5.71. The van der Waals surface area contributed by atoms with Gasteiger partial charge in [-0.1, -0.05) is 72.9 Å². The average molecular weight is 552 g/mol. The van der Waals surface area contributed by atoms with Crippen molar-refractivity contribution >= 4 is 68.6 Å². The number of thioether (sulfide) groups is 1. The van der Waals surface area contributed by atoms with Crippen LogP contribution in [0.3, 0.4) is 0 Å². The fourth-order valence-electron chi connectivity index (χ4n) is 3.66. The van der Waals surface area contributed by atoms with E-state index in [1.165, 1.54) is 30.2 Å². The van der Waals surface area contributed by atoms with Crippen LogP contribution in [0, 0.1) is 0 Å². The zero-order valence-electron chi connectivity index (χ0n) is 20.1. The monoisotopic (exact) mass is 551 g/mol. The van der Waals surface area contributed by atoms with E-state index in [0.29, 0.717) is 39.3 Å². The van der Waals surface area contributed by atoms with Gasteiger partial charge >= 0.3 is 5.97 Å². The largest absolute Gasteiger partial charge is 0.465 e. The predicted octanol–water partition coefficient (Wildman–Crippen LogP) is 6.00. The van der Waals surface area contributed by atoms with Crippen LogP contribution in [-0.2, 0) is 14.3 Å². The smallest absolute Gasteiger partial charge is 0.337 e. The molecule has 1 aromatic heterocycles. The van der Waals surface area contributed by atoms with E-state index in [1.807, 2.05) is 35.7 Å². The van der Waals surface area contributed by atoms with E-state index in [9.17, 15) is 14.4 Å². The van der Waals surface area contributed by atoms with Crippen LogP contribution in [0.2, 0.25) is 0 Å². The summed E-state index contributed by atoms with van der Waals surface area (Å²) in [6.45, 7) is 0.512. The lowest BCUT2D eigenvalue weighted by atomic mass is 10.1. The second kappa shape index (κ2) is 12.8. The molecule has 3 aromatic rings. The van der Waals surface area contributed by atoms with Crippen LogP contribution in [-0.4, -0.2) is 45.6 Å². The molecule has 2 amide bonds. The predicted molar refractivity (Wildman–Crippen MR) is 152 cm³/mol. The first-order valence-corrected chi connectivity index (χ1v) is 13.8. The van der Waals surface area contributed by atoms with Gasteiger partial charge in [0.25, 0.3) is 5.91 Å². The van der Waals surface area contributed by atoms with Gasteiger partial charge in [-0.25, -0.2) is 9.78 Å². The van der Waals surface area contributed by atoms with Gasteiger partial charge in [0.05, 0.1) is 23.3 Å². The van der Waals surface area contributed by atoms with Gasteiger partial charge in [0.2, 0.25) is 5.91 Å². The summed E-state index contributed by atoms with van der Waals surface area (Å²) in [7, 11) is 1.33. The van der Waals surface area contributed by atoms with Crippen LogP contribution in [0.25, 0.3) is 17.3 Å². The summed E-state index contributed by atoms with van der Waals surface area (Å²) in [5, 5.41) is 5.39. The molecule has 10 heteroatoms. The molecule has 1 aliphatic heterocycles. The molecule has 2 aromatic carbocycles. The van der Waals surface area contributed by atoms with Crippen molar-refractivity contribution in [1.29, 1.82) is 0 Å². The minimum Gasteiger partial charge on any atom is -0.465 e. The molecule has 1 fully saturated rings. The quantitative estimate of drug-likeness (QED) is 0.143. The number of thiocarbonyl (C=S) groups is 1. The Morgan fingerprint density at radius 1 is 1.08 bits per heavy atom. The van der Waals surface area contributed by atoms with Gasteiger partial charge in [0, 0.05) is 23.9 Å². The number of ether oxygens (including phenoxy) is 1. The molecule has 0 aliphatic carbocycles. The number of esters is 1. The number of nitrogens with zero attached hydrogens (tertiary/aromatic N) is 2. The Labute approximate surface area is 228 Å². The molecule has 1 saturated heterocycles. The molecule has 2 heterocycles. The van der Waals surface area contributed by atoms with Crippen LogP contribution < -0.4 is 5.32 Å². The first kappa shape index (κ1) is 26.7. The summed E-state index contributed by atoms with van der Waals surface area (Å²) >= 11 is 8.08. The van der Waals surface area contributed by atoms with Crippen molar-refractivity contribution in [3.8, 4) is 11.3 Å². The van der Waals surface area contributed by atoms with Crippen molar-refractivity contribution in [2.24, 2.45) is 0 Å². The standard InChI is InChI=1S/C27H25N3O4S3/c1-34-25(33)20-13-11-18(12-14-20)16-22-24(32)30(27(35)37-22)15-7-3-6-10-23(31)29-26-28-21(17-36-26)19-8-4-2-5-9-19/h2,4-5,8-9,11-14,16-17H,3,6-7,10,15H2,1H3,(H,28,29,31). The molecule has 4 rings (SSSR count). The number of thiazole rings is 1. The van der Waals surface area contributed by atoms with Crippen molar-refractivity contribution in [3.05, 3.63) is 76.0 Å². The van der Waals surface area contributed by atoms with Gasteiger partial charge in [-0.3, -0.25) is 14.5 Å². The van der Waals surface area contributed by atoms with Gasteiger partial charge in [0.15, 0.2) is 5.13 Å². The third-order valence-electron chi connectivity index (χ3n) is 5.61. The van der Waals surface area contributed by atoms with Gasteiger partial charge < -0.3 is 10.1 Å². The molecule has 0 saturated carbocycles. The van der Waals surface area contributed by atoms with Gasteiger partial charge in [-0.05, 0) is 36.6 Å². The number of hydrogen-bond acceptors (Lipinski definition) is 8. The Morgan fingerprint density at radius 2 is 1.84 bits per heavy atom. The maximum absolute atomic E-state index is 12.8. The molecule has 1 aliphatic rings. The molecule has 37 heavy (non-hydrogen) atoms. The van der Waals surface area contributed by atoms with E-state index in [2.05, 4.69) is 10.3 Å². The number of unbranched alkanes of at least 4 members (excludes halogenated alkanes) is 2. The number of carbonyl (C=O) groups excluding carboxylic acids is 3. The second-order valence-electron chi connectivity index (χ2n) is 8.21. The van der Waals surface area contributed by atoms with Crippen molar-refractivity contribution in [2.75, 3.05) is 19.0 Å². The van der Waals surface area contributed by atoms with Crippen LogP contribution in [0.4, 0.5) is 5.13 Å². The number of anilines is 1. The van der Waals surface area contributed by atoms with Crippen molar-refractivity contribution in [2.45, 2.75) is 25.7 Å². The van der Waals surface area contributed by atoms with E-state index in [4.69, 9.17) is 17.0 Å². The van der Waals surface area contributed by atoms with Crippen molar-refractivity contribution in [1.82, 2.24) is 9.88 Å². The van der Waals surface area contributed by atoms with Crippen LogP contribution in [0.5, 0.6) is 0 Å². The van der Waals surface area contributed by atoms with Gasteiger partial charge in [-0.15, -0.1) is 11.3 Å². The van der Waals surface area contributed by atoms with Gasteiger partial charge in [0.1, 0.15) is 4.32 Å². The normalized spacial score (nSPS) is 14.3. The molecule has 0 atom stereocenters. The zero-order valence-corrected chi connectivity index (χ0v) is 22.6. The number of benzene rings is 2. The highest BCUT2D eigenvalue weighted by molar-refractivity contribution is 8.26. The van der Waals surface area contributed by atoms with Crippen LogP contribution in [0.1, 0.15) is 41.6 Å². The summed E-state index contributed by atoms with van der Waals surface area (Å²) in [6.07, 6.45) is 4.41. The number of carbonyl (C=O) groups is 3. The Kier molecular flexibility index (Phi) is 9.21. The molecule has 0 spiro atoms. The summed E-state index contributed by atoms with van der Waals surface area (Å²) in [6, 6.07) is 16.7. The molecule has 1 N–H and O–H groups in total. The fraction of sp³-hybridized carbons (Fsp3) is 0.222. The van der Waals surface area contributed by atoms with E-state index in [0.717, 1.165) is 29.7 Å².